The average molecular weight is 329 g/mol. The molecule has 0 aromatic carbocycles. The van der Waals surface area contributed by atoms with Gasteiger partial charge >= 0.3 is 0 Å². The van der Waals surface area contributed by atoms with Crippen molar-refractivity contribution in [1.29, 1.82) is 0 Å². The second-order valence-corrected chi connectivity index (χ2v) is 7.23. The first-order chi connectivity index (χ1) is 8.72. The van der Waals surface area contributed by atoms with E-state index in [1.165, 1.54) is 25.7 Å². The Kier molecular flexibility index (Phi) is 5.52. The molecule has 3 unspecified atom stereocenters. The third-order valence-corrected chi connectivity index (χ3v) is 5.72. The molecule has 1 aliphatic carbocycles. The van der Waals surface area contributed by atoms with E-state index in [9.17, 15) is 0 Å². The summed E-state index contributed by atoms with van der Waals surface area (Å²) in [5.41, 5.74) is 5.92. The van der Waals surface area contributed by atoms with Gasteiger partial charge in [-0.2, -0.15) is 0 Å². The van der Waals surface area contributed by atoms with Crippen LogP contribution in [0.3, 0.4) is 0 Å². The zero-order valence-electron chi connectivity index (χ0n) is 10.8. The van der Waals surface area contributed by atoms with Crippen LogP contribution < -0.4 is 5.73 Å². The summed E-state index contributed by atoms with van der Waals surface area (Å²) in [6.45, 7) is 3.11. The molecule has 0 radical (unpaired) electrons. The molecule has 2 rings (SSSR count). The first-order valence-corrected chi connectivity index (χ1v) is 8.38. The molecule has 1 saturated carbocycles. The van der Waals surface area contributed by atoms with Crippen LogP contribution in [0.2, 0.25) is 0 Å². The zero-order chi connectivity index (χ0) is 13.0. The number of nitrogens with two attached hydrogens (primary N) is 1. The fraction of sp³-hybridized carbons (Fsp3) is 0.643. The molecular weight excluding hydrogens is 308 g/mol. The Balaban J connectivity index is 2.02. The number of halogens is 1. The molecule has 0 amide bonds. The van der Waals surface area contributed by atoms with E-state index in [1.54, 1.807) is 0 Å². The Hall–Kier alpha value is -0.0600. The predicted octanol–water partition coefficient (Wildman–Crippen LogP) is 4.09. The summed E-state index contributed by atoms with van der Waals surface area (Å²) < 4.78 is 1.04. The molecule has 1 aromatic rings. The molecule has 2 N–H and O–H groups in total. The van der Waals surface area contributed by atoms with Crippen LogP contribution in [0.5, 0.6) is 0 Å². The highest BCUT2D eigenvalue weighted by atomic mass is 79.9. The van der Waals surface area contributed by atoms with Crippen LogP contribution in [0.15, 0.2) is 27.8 Å². The van der Waals surface area contributed by atoms with E-state index in [-0.39, 0.29) is 0 Å². The maximum absolute atomic E-state index is 5.92. The second kappa shape index (κ2) is 6.92. The van der Waals surface area contributed by atoms with Crippen LogP contribution >= 0.6 is 27.7 Å². The molecule has 0 spiro atoms. The molecule has 1 aromatic heterocycles. The molecule has 1 aliphatic rings. The Bertz CT molecular complexity index is 369. The molecule has 0 aliphatic heterocycles. The van der Waals surface area contributed by atoms with Gasteiger partial charge in [0.1, 0.15) is 0 Å². The minimum Gasteiger partial charge on any atom is -0.330 e. The average Bonchev–Trinajstić information content (AvgIpc) is 2.41. The maximum atomic E-state index is 5.92. The van der Waals surface area contributed by atoms with Crippen molar-refractivity contribution < 1.29 is 0 Å². The van der Waals surface area contributed by atoms with Crippen LogP contribution in [-0.4, -0.2) is 16.8 Å². The Labute approximate surface area is 122 Å². The van der Waals surface area contributed by atoms with Gasteiger partial charge in [-0.15, -0.1) is 11.8 Å². The van der Waals surface area contributed by atoms with E-state index in [2.05, 4.69) is 40.0 Å². The van der Waals surface area contributed by atoms with E-state index in [1.807, 2.05) is 18.0 Å². The first-order valence-electron chi connectivity index (χ1n) is 6.71. The van der Waals surface area contributed by atoms with Gasteiger partial charge in [-0.25, -0.2) is 4.98 Å². The lowest BCUT2D eigenvalue weighted by Gasteiger charge is -2.34. The lowest BCUT2D eigenvalue weighted by Crippen LogP contribution is -2.32. The van der Waals surface area contributed by atoms with Gasteiger partial charge in [0.2, 0.25) is 0 Å². The van der Waals surface area contributed by atoms with E-state index < -0.39 is 0 Å². The van der Waals surface area contributed by atoms with Crippen LogP contribution in [0.1, 0.15) is 32.6 Å². The standard InChI is InChI=1S/C14H21BrN2S/c1-2-10-3-4-11(8-16)13(7-10)18-14-6-5-12(15)9-17-14/h5-6,9-11,13H,2-4,7-8,16H2,1H3. The SMILES string of the molecule is CCC1CCC(CN)C(Sc2ccc(Br)cn2)C1. The minimum atomic E-state index is 0.641. The van der Waals surface area contributed by atoms with E-state index in [4.69, 9.17) is 5.73 Å². The summed E-state index contributed by atoms with van der Waals surface area (Å²) in [4.78, 5) is 4.47. The molecular formula is C14H21BrN2S. The Morgan fingerprint density at radius 2 is 2.28 bits per heavy atom. The van der Waals surface area contributed by atoms with Crippen LogP contribution in [0, 0.1) is 11.8 Å². The largest absolute Gasteiger partial charge is 0.330 e. The van der Waals surface area contributed by atoms with Crippen molar-refractivity contribution in [1.82, 2.24) is 4.98 Å². The van der Waals surface area contributed by atoms with Gasteiger partial charge in [0.25, 0.3) is 0 Å². The number of hydrogen-bond donors (Lipinski definition) is 1. The molecule has 2 nitrogen and oxygen atoms in total. The van der Waals surface area contributed by atoms with Crippen molar-refractivity contribution in [3.63, 3.8) is 0 Å². The van der Waals surface area contributed by atoms with E-state index in [0.29, 0.717) is 11.2 Å². The fourth-order valence-corrected chi connectivity index (χ4v) is 4.26. The van der Waals surface area contributed by atoms with Crippen LogP contribution in [0.4, 0.5) is 0 Å². The van der Waals surface area contributed by atoms with Crippen molar-refractivity contribution in [2.45, 2.75) is 42.9 Å². The number of rotatable bonds is 4. The van der Waals surface area contributed by atoms with Gasteiger partial charge in [-0.3, -0.25) is 0 Å². The molecule has 4 heteroatoms. The van der Waals surface area contributed by atoms with Crippen LogP contribution in [-0.2, 0) is 0 Å². The summed E-state index contributed by atoms with van der Waals surface area (Å²) in [5.74, 6) is 1.53. The van der Waals surface area contributed by atoms with Crippen LogP contribution in [0.25, 0.3) is 0 Å². The lowest BCUT2D eigenvalue weighted by molar-refractivity contribution is 0.283. The zero-order valence-corrected chi connectivity index (χ0v) is 13.2. The van der Waals surface area contributed by atoms with Crippen molar-refractivity contribution in [3.05, 3.63) is 22.8 Å². The highest BCUT2D eigenvalue weighted by Crippen LogP contribution is 2.40. The van der Waals surface area contributed by atoms with E-state index >= 15 is 0 Å². The van der Waals surface area contributed by atoms with Crippen molar-refractivity contribution in [3.8, 4) is 0 Å². The third kappa shape index (κ3) is 3.72. The van der Waals surface area contributed by atoms with Gasteiger partial charge in [-0.05, 0) is 59.3 Å². The Morgan fingerprint density at radius 3 is 2.89 bits per heavy atom. The number of aromatic nitrogens is 1. The number of hydrogen-bond acceptors (Lipinski definition) is 3. The maximum Gasteiger partial charge on any atom is 0.0963 e. The highest BCUT2D eigenvalue weighted by Gasteiger charge is 2.29. The van der Waals surface area contributed by atoms with Crippen molar-refractivity contribution in [2.24, 2.45) is 17.6 Å². The summed E-state index contributed by atoms with van der Waals surface area (Å²) >= 11 is 5.34. The quantitative estimate of drug-likeness (QED) is 0.904. The first kappa shape index (κ1) is 14.4. The summed E-state index contributed by atoms with van der Waals surface area (Å²) in [6.07, 6.45) is 7.09. The Morgan fingerprint density at radius 1 is 1.44 bits per heavy atom. The summed E-state index contributed by atoms with van der Waals surface area (Å²) in [7, 11) is 0. The van der Waals surface area contributed by atoms with Gasteiger partial charge in [0.15, 0.2) is 0 Å². The fourth-order valence-electron chi connectivity index (χ4n) is 2.65. The highest BCUT2D eigenvalue weighted by molar-refractivity contribution is 9.10. The molecule has 100 valence electrons. The number of pyridine rings is 1. The van der Waals surface area contributed by atoms with Gasteiger partial charge < -0.3 is 5.73 Å². The topological polar surface area (TPSA) is 38.9 Å². The predicted molar refractivity (Wildman–Crippen MR) is 81.8 cm³/mol. The molecule has 3 atom stereocenters. The third-order valence-electron chi connectivity index (χ3n) is 3.89. The number of thioether (sulfide) groups is 1. The molecule has 0 saturated heterocycles. The normalized spacial score (nSPS) is 28.3. The van der Waals surface area contributed by atoms with Gasteiger partial charge in [0.05, 0.1) is 5.03 Å². The molecule has 1 heterocycles. The smallest absolute Gasteiger partial charge is 0.0963 e. The molecule has 1 fully saturated rings. The van der Waals surface area contributed by atoms with Crippen molar-refractivity contribution >= 4 is 27.7 Å². The second-order valence-electron chi connectivity index (χ2n) is 5.05. The lowest BCUT2D eigenvalue weighted by atomic mass is 9.80. The number of nitrogens with zero attached hydrogens (tertiary/aromatic N) is 1. The monoisotopic (exact) mass is 328 g/mol. The minimum absolute atomic E-state index is 0.641. The van der Waals surface area contributed by atoms with E-state index in [0.717, 1.165) is 22.0 Å². The summed E-state index contributed by atoms with van der Waals surface area (Å²) in [6, 6.07) is 4.16. The van der Waals surface area contributed by atoms with Gasteiger partial charge in [0, 0.05) is 15.9 Å². The summed E-state index contributed by atoms with van der Waals surface area (Å²) in [5, 5.41) is 1.76. The van der Waals surface area contributed by atoms with Gasteiger partial charge in [-0.1, -0.05) is 19.8 Å². The molecule has 18 heavy (non-hydrogen) atoms. The van der Waals surface area contributed by atoms with Crippen molar-refractivity contribution in [2.75, 3.05) is 6.54 Å². The molecule has 0 bridgehead atoms.